The Bertz CT molecular complexity index is 895. The highest BCUT2D eigenvalue weighted by molar-refractivity contribution is 5.89. The lowest BCUT2D eigenvalue weighted by molar-refractivity contribution is -0.116. The zero-order chi connectivity index (χ0) is 20.5. The summed E-state index contributed by atoms with van der Waals surface area (Å²) in [7, 11) is 0. The fourth-order valence-electron chi connectivity index (χ4n) is 2.58. The van der Waals surface area contributed by atoms with Gasteiger partial charge in [-0.1, -0.05) is 18.2 Å². The minimum absolute atomic E-state index is 0.144. The first-order valence-electron chi connectivity index (χ1n) is 9.56. The van der Waals surface area contributed by atoms with Crippen LogP contribution in [0.15, 0.2) is 72.9 Å². The van der Waals surface area contributed by atoms with Gasteiger partial charge in [-0.25, -0.2) is 4.98 Å². The van der Waals surface area contributed by atoms with Crippen LogP contribution in [0.5, 0.6) is 11.5 Å². The van der Waals surface area contributed by atoms with E-state index in [-0.39, 0.29) is 18.4 Å². The van der Waals surface area contributed by atoms with Gasteiger partial charge in [-0.05, 0) is 62.4 Å². The Morgan fingerprint density at radius 2 is 1.66 bits per heavy atom. The zero-order valence-electron chi connectivity index (χ0n) is 16.6. The van der Waals surface area contributed by atoms with Crippen molar-refractivity contribution < 1.29 is 14.3 Å². The molecule has 2 aromatic carbocycles. The molecule has 0 bridgehead atoms. The SMILES string of the molecule is CC(C)Oc1ccc(Nc2ccc(NC(=O)CCOc3ccccc3)nc2)cc1. The van der Waals surface area contributed by atoms with Crippen LogP contribution in [0.4, 0.5) is 17.2 Å². The number of carbonyl (C=O) groups excluding carboxylic acids is 1. The molecule has 29 heavy (non-hydrogen) atoms. The molecule has 2 N–H and O–H groups in total. The Balaban J connectivity index is 1.45. The normalized spacial score (nSPS) is 10.4. The van der Waals surface area contributed by atoms with E-state index < -0.39 is 0 Å². The molecule has 6 nitrogen and oxygen atoms in total. The van der Waals surface area contributed by atoms with Crippen molar-refractivity contribution in [3.63, 3.8) is 0 Å². The maximum atomic E-state index is 12.0. The van der Waals surface area contributed by atoms with Crippen LogP contribution in [0.25, 0.3) is 0 Å². The van der Waals surface area contributed by atoms with Gasteiger partial charge in [0.15, 0.2) is 0 Å². The monoisotopic (exact) mass is 391 g/mol. The molecule has 0 atom stereocenters. The fourth-order valence-corrected chi connectivity index (χ4v) is 2.58. The second kappa shape index (κ2) is 10.1. The van der Waals surface area contributed by atoms with E-state index >= 15 is 0 Å². The van der Waals surface area contributed by atoms with Crippen molar-refractivity contribution in [2.45, 2.75) is 26.4 Å². The number of nitrogens with zero attached hydrogens (tertiary/aromatic N) is 1. The Kier molecular flexibility index (Phi) is 7.05. The molecule has 3 aromatic rings. The van der Waals surface area contributed by atoms with Gasteiger partial charge < -0.3 is 20.1 Å². The molecule has 0 aliphatic heterocycles. The Morgan fingerprint density at radius 3 is 2.31 bits per heavy atom. The number of para-hydroxylation sites is 1. The van der Waals surface area contributed by atoms with Crippen LogP contribution in [0.3, 0.4) is 0 Å². The number of hydrogen-bond donors (Lipinski definition) is 2. The molecule has 0 unspecified atom stereocenters. The molecule has 1 amide bonds. The van der Waals surface area contributed by atoms with Crippen LogP contribution in [-0.4, -0.2) is 23.6 Å². The van der Waals surface area contributed by atoms with Crippen molar-refractivity contribution in [1.82, 2.24) is 4.98 Å². The minimum Gasteiger partial charge on any atom is -0.493 e. The summed E-state index contributed by atoms with van der Waals surface area (Å²) in [5.41, 5.74) is 1.76. The maximum absolute atomic E-state index is 12.0. The van der Waals surface area contributed by atoms with Crippen molar-refractivity contribution in [2.24, 2.45) is 0 Å². The Hall–Kier alpha value is -3.54. The standard InChI is InChI=1S/C23H25N3O3/c1-17(2)29-21-11-8-18(9-12-21)25-19-10-13-22(24-16-19)26-23(27)14-15-28-20-6-4-3-5-7-20/h3-13,16-17,25H,14-15H2,1-2H3,(H,24,26,27). The molecule has 0 aliphatic carbocycles. The van der Waals surface area contributed by atoms with E-state index in [1.165, 1.54) is 0 Å². The second-order valence-electron chi connectivity index (χ2n) is 6.71. The average Bonchev–Trinajstić information content (AvgIpc) is 2.71. The van der Waals surface area contributed by atoms with E-state index in [1.54, 1.807) is 12.3 Å². The minimum atomic E-state index is -0.144. The number of hydrogen-bond acceptors (Lipinski definition) is 5. The molecule has 3 rings (SSSR count). The van der Waals surface area contributed by atoms with Crippen LogP contribution in [0.2, 0.25) is 0 Å². The van der Waals surface area contributed by atoms with E-state index in [1.807, 2.05) is 74.5 Å². The highest BCUT2D eigenvalue weighted by atomic mass is 16.5. The number of amides is 1. The Labute approximate surface area is 170 Å². The van der Waals surface area contributed by atoms with Gasteiger partial charge >= 0.3 is 0 Å². The number of carbonyl (C=O) groups is 1. The predicted octanol–water partition coefficient (Wildman–Crippen LogP) is 5.02. The number of pyridine rings is 1. The van der Waals surface area contributed by atoms with Gasteiger partial charge in [-0.2, -0.15) is 0 Å². The molecular weight excluding hydrogens is 366 g/mol. The first-order chi connectivity index (χ1) is 14.1. The Morgan fingerprint density at radius 1 is 0.931 bits per heavy atom. The summed E-state index contributed by atoms with van der Waals surface area (Å²) in [5.74, 6) is 1.94. The molecule has 1 aromatic heterocycles. The molecule has 0 saturated carbocycles. The van der Waals surface area contributed by atoms with Crippen molar-refractivity contribution in [2.75, 3.05) is 17.2 Å². The number of ether oxygens (including phenoxy) is 2. The van der Waals surface area contributed by atoms with E-state index in [0.717, 1.165) is 22.9 Å². The molecule has 1 heterocycles. The molecule has 0 radical (unpaired) electrons. The number of nitrogens with one attached hydrogen (secondary N) is 2. The van der Waals surface area contributed by atoms with Crippen LogP contribution in [0, 0.1) is 0 Å². The molecule has 0 spiro atoms. The predicted molar refractivity (Wildman–Crippen MR) is 115 cm³/mol. The van der Waals surface area contributed by atoms with Gasteiger partial charge in [0.1, 0.15) is 17.3 Å². The summed E-state index contributed by atoms with van der Waals surface area (Å²) in [4.78, 5) is 16.3. The van der Waals surface area contributed by atoms with Crippen molar-refractivity contribution in [3.8, 4) is 11.5 Å². The molecule has 150 valence electrons. The quantitative estimate of drug-likeness (QED) is 0.536. The summed E-state index contributed by atoms with van der Waals surface area (Å²) in [6.45, 7) is 4.30. The van der Waals surface area contributed by atoms with Crippen LogP contribution in [-0.2, 0) is 4.79 Å². The third kappa shape index (κ3) is 6.84. The zero-order valence-corrected chi connectivity index (χ0v) is 16.6. The number of rotatable bonds is 9. The number of benzene rings is 2. The highest BCUT2D eigenvalue weighted by Crippen LogP contribution is 2.21. The smallest absolute Gasteiger partial charge is 0.228 e. The van der Waals surface area contributed by atoms with Gasteiger partial charge in [0.05, 0.1) is 31.0 Å². The van der Waals surface area contributed by atoms with Crippen molar-refractivity contribution in [3.05, 3.63) is 72.9 Å². The maximum Gasteiger partial charge on any atom is 0.228 e. The van der Waals surface area contributed by atoms with Gasteiger partial charge in [0.25, 0.3) is 0 Å². The molecule has 0 saturated heterocycles. The van der Waals surface area contributed by atoms with E-state index in [4.69, 9.17) is 9.47 Å². The van der Waals surface area contributed by atoms with E-state index in [9.17, 15) is 4.79 Å². The van der Waals surface area contributed by atoms with Gasteiger partial charge in [0, 0.05) is 5.69 Å². The lowest BCUT2D eigenvalue weighted by Gasteiger charge is -2.11. The summed E-state index contributed by atoms with van der Waals surface area (Å²) in [5, 5.41) is 6.04. The molecular formula is C23H25N3O3. The first-order valence-corrected chi connectivity index (χ1v) is 9.56. The largest absolute Gasteiger partial charge is 0.493 e. The third-order valence-corrected chi connectivity index (χ3v) is 3.89. The first kappa shape index (κ1) is 20.2. The lowest BCUT2D eigenvalue weighted by atomic mass is 10.3. The van der Waals surface area contributed by atoms with Crippen LogP contribution >= 0.6 is 0 Å². The lowest BCUT2D eigenvalue weighted by Crippen LogP contribution is -2.15. The van der Waals surface area contributed by atoms with Crippen LogP contribution < -0.4 is 20.1 Å². The average molecular weight is 391 g/mol. The van der Waals surface area contributed by atoms with Crippen molar-refractivity contribution >= 4 is 23.1 Å². The molecule has 0 aliphatic rings. The topological polar surface area (TPSA) is 72.5 Å². The number of anilines is 3. The highest BCUT2D eigenvalue weighted by Gasteiger charge is 2.05. The van der Waals surface area contributed by atoms with Gasteiger partial charge in [-0.15, -0.1) is 0 Å². The van der Waals surface area contributed by atoms with Gasteiger partial charge in [-0.3, -0.25) is 4.79 Å². The summed E-state index contributed by atoms with van der Waals surface area (Å²) in [6, 6.07) is 20.8. The molecule has 0 fully saturated rings. The second-order valence-corrected chi connectivity index (χ2v) is 6.71. The van der Waals surface area contributed by atoms with Gasteiger partial charge in [0.2, 0.25) is 5.91 Å². The summed E-state index contributed by atoms with van der Waals surface area (Å²) < 4.78 is 11.2. The summed E-state index contributed by atoms with van der Waals surface area (Å²) in [6.07, 6.45) is 2.07. The van der Waals surface area contributed by atoms with Crippen LogP contribution in [0.1, 0.15) is 20.3 Å². The summed E-state index contributed by atoms with van der Waals surface area (Å²) >= 11 is 0. The van der Waals surface area contributed by atoms with E-state index in [2.05, 4.69) is 15.6 Å². The fraction of sp³-hybridized carbons (Fsp3) is 0.217. The number of aromatic nitrogens is 1. The third-order valence-electron chi connectivity index (χ3n) is 3.89. The molecule has 6 heteroatoms. The van der Waals surface area contributed by atoms with E-state index in [0.29, 0.717) is 12.4 Å². The van der Waals surface area contributed by atoms with Crippen molar-refractivity contribution in [1.29, 1.82) is 0 Å².